The fourth-order valence-corrected chi connectivity index (χ4v) is 3.35. The van der Waals surface area contributed by atoms with E-state index in [1.807, 2.05) is 0 Å². The fraction of sp³-hybridized carbons (Fsp3) is 0.875. The topological polar surface area (TPSA) is 145 Å². The number of rotatable bonds is 15. The van der Waals surface area contributed by atoms with Crippen molar-refractivity contribution in [3.8, 4) is 0 Å². The summed E-state index contributed by atoms with van der Waals surface area (Å²) >= 11 is 1.79. The van der Waals surface area contributed by atoms with Gasteiger partial charge in [-0.15, -0.1) is 0 Å². The lowest BCUT2D eigenvalue weighted by atomic mass is 9.87. The van der Waals surface area contributed by atoms with Crippen LogP contribution in [0.5, 0.6) is 0 Å². The summed E-state index contributed by atoms with van der Waals surface area (Å²) in [7, 11) is -4.69. The lowest BCUT2D eigenvalue weighted by Gasteiger charge is -2.29. The molecule has 0 aromatic rings. The van der Waals surface area contributed by atoms with E-state index in [9.17, 15) is 19.3 Å². The Labute approximate surface area is 165 Å². The summed E-state index contributed by atoms with van der Waals surface area (Å²) in [5.74, 6) is 1.00. The summed E-state index contributed by atoms with van der Waals surface area (Å²) in [6.07, 6.45) is 2.13. The van der Waals surface area contributed by atoms with E-state index in [0.717, 1.165) is 11.5 Å². The van der Waals surface area contributed by atoms with Crippen molar-refractivity contribution in [2.75, 3.05) is 31.2 Å². The number of phosphoric acid groups is 1. The normalized spacial score (nSPS) is 13.3. The van der Waals surface area contributed by atoms with E-state index in [1.54, 1.807) is 11.8 Å². The Morgan fingerprint density at radius 1 is 1.15 bits per heavy atom. The molecule has 2 amide bonds. The SMILES string of the molecule is CCCCCSCCNC(=O)CCNC(=O)C(O)C(C)(C)COP(=O)(O)O. The predicted octanol–water partition coefficient (Wildman–Crippen LogP) is 1.03. The zero-order chi connectivity index (χ0) is 20.9. The third-order valence-electron chi connectivity index (χ3n) is 3.71. The highest BCUT2D eigenvalue weighted by molar-refractivity contribution is 7.99. The van der Waals surface area contributed by atoms with Gasteiger partial charge in [0.05, 0.1) is 6.61 Å². The van der Waals surface area contributed by atoms with E-state index in [1.165, 1.54) is 33.1 Å². The van der Waals surface area contributed by atoms with Gasteiger partial charge in [0.2, 0.25) is 11.8 Å². The van der Waals surface area contributed by atoms with E-state index in [4.69, 9.17) is 9.79 Å². The van der Waals surface area contributed by atoms with Crippen LogP contribution in [0.1, 0.15) is 46.5 Å². The number of aliphatic hydroxyl groups is 1. The minimum atomic E-state index is -4.69. The van der Waals surface area contributed by atoms with Gasteiger partial charge >= 0.3 is 7.82 Å². The van der Waals surface area contributed by atoms with Gasteiger partial charge in [0, 0.05) is 30.7 Å². The van der Waals surface area contributed by atoms with Crippen molar-refractivity contribution in [2.24, 2.45) is 5.41 Å². The Balaban J connectivity index is 3.96. The first-order chi connectivity index (χ1) is 12.5. The summed E-state index contributed by atoms with van der Waals surface area (Å²) in [6.45, 7) is 5.16. The number of unbranched alkanes of at least 4 members (excludes halogenated alkanes) is 2. The molecule has 0 bridgehead atoms. The highest BCUT2D eigenvalue weighted by Gasteiger charge is 2.35. The molecule has 5 N–H and O–H groups in total. The largest absolute Gasteiger partial charge is 0.469 e. The number of hydrogen-bond acceptors (Lipinski definition) is 6. The van der Waals surface area contributed by atoms with Gasteiger partial charge in [-0.2, -0.15) is 11.8 Å². The molecule has 0 heterocycles. The Morgan fingerprint density at radius 3 is 2.41 bits per heavy atom. The molecule has 1 atom stereocenters. The van der Waals surface area contributed by atoms with Gasteiger partial charge in [0.1, 0.15) is 6.10 Å². The van der Waals surface area contributed by atoms with Gasteiger partial charge in [-0.1, -0.05) is 33.6 Å². The first-order valence-corrected chi connectivity index (χ1v) is 11.7. The van der Waals surface area contributed by atoms with Crippen LogP contribution in [0.15, 0.2) is 0 Å². The Morgan fingerprint density at radius 2 is 1.81 bits per heavy atom. The Kier molecular flexibility index (Phi) is 13.2. The Bertz CT molecular complexity index is 499. The Hall–Kier alpha value is -0.640. The lowest BCUT2D eigenvalue weighted by molar-refractivity contribution is -0.137. The van der Waals surface area contributed by atoms with Crippen molar-refractivity contribution < 1.29 is 33.6 Å². The van der Waals surface area contributed by atoms with Gasteiger partial charge < -0.3 is 25.5 Å². The first-order valence-electron chi connectivity index (χ1n) is 9.00. The number of phosphoric ester groups is 1. The molecule has 0 radical (unpaired) electrons. The predicted molar refractivity (Wildman–Crippen MR) is 105 cm³/mol. The van der Waals surface area contributed by atoms with Crippen LogP contribution in [0.4, 0.5) is 0 Å². The smallest absolute Gasteiger partial charge is 0.383 e. The van der Waals surface area contributed by atoms with Crippen LogP contribution < -0.4 is 10.6 Å². The zero-order valence-corrected chi connectivity index (χ0v) is 18.0. The van der Waals surface area contributed by atoms with E-state index < -0.39 is 31.9 Å². The average molecular weight is 428 g/mol. The van der Waals surface area contributed by atoms with Crippen molar-refractivity contribution in [3.05, 3.63) is 0 Å². The number of nitrogens with one attached hydrogen (secondary N) is 2. The monoisotopic (exact) mass is 428 g/mol. The summed E-state index contributed by atoms with van der Waals surface area (Å²) in [6, 6.07) is 0. The van der Waals surface area contributed by atoms with Gasteiger partial charge in [-0.05, 0) is 12.2 Å². The minimum Gasteiger partial charge on any atom is -0.383 e. The molecular weight excluding hydrogens is 395 g/mol. The molecule has 1 unspecified atom stereocenters. The van der Waals surface area contributed by atoms with Gasteiger partial charge in [0.15, 0.2) is 0 Å². The third-order valence-corrected chi connectivity index (χ3v) is 5.24. The fourth-order valence-electron chi connectivity index (χ4n) is 1.99. The summed E-state index contributed by atoms with van der Waals surface area (Å²) < 4.78 is 15.1. The van der Waals surface area contributed by atoms with Crippen LogP contribution in [0.2, 0.25) is 0 Å². The maximum Gasteiger partial charge on any atom is 0.469 e. The van der Waals surface area contributed by atoms with E-state index in [2.05, 4.69) is 22.1 Å². The van der Waals surface area contributed by atoms with Crippen LogP contribution in [0.25, 0.3) is 0 Å². The van der Waals surface area contributed by atoms with Crippen LogP contribution in [-0.2, 0) is 18.7 Å². The molecule has 0 aliphatic rings. The van der Waals surface area contributed by atoms with Crippen LogP contribution in [0.3, 0.4) is 0 Å². The number of carbonyl (C=O) groups is 2. The van der Waals surface area contributed by atoms with Crippen molar-refractivity contribution >= 4 is 31.4 Å². The minimum absolute atomic E-state index is 0.0563. The molecule has 9 nitrogen and oxygen atoms in total. The van der Waals surface area contributed by atoms with Gasteiger partial charge in [-0.3, -0.25) is 14.1 Å². The zero-order valence-electron chi connectivity index (χ0n) is 16.3. The number of hydrogen-bond donors (Lipinski definition) is 5. The number of amides is 2. The van der Waals surface area contributed by atoms with E-state index >= 15 is 0 Å². The van der Waals surface area contributed by atoms with E-state index in [-0.39, 0.29) is 18.9 Å². The second-order valence-corrected chi connectivity index (χ2v) is 9.33. The quantitative estimate of drug-likeness (QED) is 0.192. The van der Waals surface area contributed by atoms with E-state index in [0.29, 0.717) is 6.54 Å². The molecule has 0 aromatic heterocycles. The molecule has 0 fully saturated rings. The molecule has 0 aliphatic carbocycles. The van der Waals surface area contributed by atoms with Crippen LogP contribution >= 0.6 is 19.6 Å². The molecular formula is C16H33N2O7PS. The molecule has 0 saturated carbocycles. The number of carbonyl (C=O) groups excluding carboxylic acids is 2. The highest BCUT2D eigenvalue weighted by atomic mass is 32.2. The average Bonchev–Trinajstić information content (AvgIpc) is 2.58. The van der Waals surface area contributed by atoms with Crippen molar-refractivity contribution in [1.82, 2.24) is 10.6 Å². The summed E-state index contributed by atoms with van der Waals surface area (Å²) in [5.41, 5.74) is -1.21. The van der Waals surface area contributed by atoms with Crippen LogP contribution in [-0.4, -0.2) is 64.0 Å². The molecule has 0 spiro atoms. The summed E-state index contributed by atoms with van der Waals surface area (Å²) in [5, 5.41) is 15.2. The van der Waals surface area contributed by atoms with Crippen LogP contribution in [0, 0.1) is 5.41 Å². The maximum atomic E-state index is 11.9. The molecule has 27 heavy (non-hydrogen) atoms. The first kappa shape index (κ1) is 26.4. The van der Waals surface area contributed by atoms with Gasteiger partial charge in [-0.25, -0.2) is 4.57 Å². The third kappa shape index (κ3) is 14.1. The highest BCUT2D eigenvalue weighted by Crippen LogP contribution is 2.38. The number of thioether (sulfide) groups is 1. The van der Waals surface area contributed by atoms with Crippen molar-refractivity contribution in [3.63, 3.8) is 0 Å². The molecule has 160 valence electrons. The molecule has 0 aliphatic heterocycles. The van der Waals surface area contributed by atoms with Crippen molar-refractivity contribution in [1.29, 1.82) is 0 Å². The van der Waals surface area contributed by atoms with Crippen molar-refractivity contribution in [2.45, 2.75) is 52.6 Å². The molecule has 0 aromatic carbocycles. The molecule has 0 saturated heterocycles. The van der Waals surface area contributed by atoms with Gasteiger partial charge in [0.25, 0.3) is 0 Å². The maximum absolute atomic E-state index is 11.9. The number of aliphatic hydroxyl groups excluding tert-OH is 1. The lowest BCUT2D eigenvalue weighted by Crippen LogP contribution is -2.46. The second-order valence-electron chi connectivity index (χ2n) is 6.87. The summed E-state index contributed by atoms with van der Waals surface area (Å²) in [4.78, 5) is 41.0. The molecule has 11 heteroatoms. The molecule has 0 rings (SSSR count). The second kappa shape index (κ2) is 13.5. The standard InChI is InChI=1S/C16H33N2O7PS/c1-4-5-6-10-27-11-9-17-13(19)7-8-18-15(21)14(20)16(2,3)12-25-26(22,23)24/h14,20H,4-12H2,1-3H3,(H,17,19)(H,18,21)(H2,22,23,24).